The summed E-state index contributed by atoms with van der Waals surface area (Å²) in [4.78, 5) is 12.4. The number of ether oxygens (including phenoxy) is 1. The summed E-state index contributed by atoms with van der Waals surface area (Å²) in [7, 11) is 1.55. The second kappa shape index (κ2) is 4.80. The number of carbonyl (C=O) groups is 1. The molecule has 1 amide bonds. The van der Waals surface area contributed by atoms with E-state index in [9.17, 15) is 4.79 Å². The zero-order chi connectivity index (χ0) is 11.4. The molecule has 0 fully saturated rings. The molecule has 0 spiro atoms. The number of rotatable bonds is 4. The van der Waals surface area contributed by atoms with Crippen molar-refractivity contribution in [1.29, 1.82) is 0 Å². The van der Waals surface area contributed by atoms with Crippen molar-refractivity contribution < 1.29 is 9.53 Å². The number of carbonyl (C=O) groups excluding carboxylic acids is 1. The summed E-state index contributed by atoms with van der Waals surface area (Å²) in [5, 5.41) is 11.1. The van der Waals surface area contributed by atoms with Crippen LogP contribution in [0, 0.1) is 0 Å². The minimum atomic E-state index is -0.131. The first-order valence-corrected chi connectivity index (χ1v) is 5.56. The molecule has 2 rings (SSSR count). The summed E-state index contributed by atoms with van der Waals surface area (Å²) in [6.45, 7) is 0.455. The van der Waals surface area contributed by atoms with Crippen LogP contribution in [0.1, 0.15) is 15.2 Å². The third kappa shape index (κ3) is 2.22. The molecule has 2 aromatic rings. The van der Waals surface area contributed by atoms with Gasteiger partial charge in [0.1, 0.15) is 10.6 Å². The van der Waals surface area contributed by atoms with Crippen LogP contribution in [0.3, 0.4) is 0 Å². The molecule has 0 unspecified atom stereocenters. The SMILES string of the molecule is COc1ccsc1C(=O)NCc1cn[nH]c1. The Labute approximate surface area is 96.4 Å². The third-order valence-corrected chi connectivity index (χ3v) is 2.96. The smallest absolute Gasteiger partial charge is 0.265 e. The molecule has 0 radical (unpaired) electrons. The fourth-order valence-electron chi connectivity index (χ4n) is 1.26. The maximum atomic E-state index is 11.8. The summed E-state index contributed by atoms with van der Waals surface area (Å²) >= 11 is 1.36. The molecule has 2 heterocycles. The Balaban J connectivity index is 1.98. The molecule has 0 aliphatic rings. The lowest BCUT2D eigenvalue weighted by Crippen LogP contribution is -2.22. The fraction of sp³-hybridized carbons (Fsp3) is 0.200. The number of H-pyrrole nitrogens is 1. The molecule has 0 saturated heterocycles. The van der Waals surface area contributed by atoms with E-state index < -0.39 is 0 Å². The van der Waals surface area contributed by atoms with Gasteiger partial charge in [0.2, 0.25) is 0 Å². The highest BCUT2D eigenvalue weighted by Gasteiger charge is 2.13. The first-order valence-electron chi connectivity index (χ1n) is 4.68. The molecule has 0 bridgehead atoms. The van der Waals surface area contributed by atoms with Crippen molar-refractivity contribution in [3.63, 3.8) is 0 Å². The van der Waals surface area contributed by atoms with Crippen molar-refractivity contribution in [1.82, 2.24) is 15.5 Å². The van der Waals surface area contributed by atoms with Gasteiger partial charge in [-0.05, 0) is 11.4 Å². The van der Waals surface area contributed by atoms with E-state index in [-0.39, 0.29) is 5.91 Å². The Morgan fingerprint density at radius 2 is 2.56 bits per heavy atom. The second-order valence-corrected chi connectivity index (χ2v) is 4.02. The number of hydrogen-bond acceptors (Lipinski definition) is 4. The fourth-order valence-corrected chi connectivity index (χ4v) is 2.04. The number of hydrogen-bond donors (Lipinski definition) is 2. The Kier molecular flexibility index (Phi) is 3.21. The minimum absolute atomic E-state index is 0.131. The Morgan fingerprint density at radius 3 is 3.25 bits per heavy atom. The molecule has 16 heavy (non-hydrogen) atoms. The van der Waals surface area contributed by atoms with Gasteiger partial charge in [-0.15, -0.1) is 11.3 Å². The van der Waals surface area contributed by atoms with Crippen molar-refractivity contribution in [2.24, 2.45) is 0 Å². The van der Waals surface area contributed by atoms with Crippen LogP contribution in [0.4, 0.5) is 0 Å². The van der Waals surface area contributed by atoms with E-state index in [2.05, 4.69) is 15.5 Å². The zero-order valence-corrected chi connectivity index (χ0v) is 9.50. The van der Waals surface area contributed by atoms with Crippen molar-refractivity contribution in [2.45, 2.75) is 6.54 Å². The van der Waals surface area contributed by atoms with Crippen molar-refractivity contribution in [3.05, 3.63) is 34.3 Å². The molecule has 0 aromatic carbocycles. The van der Waals surface area contributed by atoms with Gasteiger partial charge >= 0.3 is 0 Å². The van der Waals surface area contributed by atoms with Crippen LogP contribution in [0.25, 0.3) is 0 Å². The average molecular weight is 237 g/mol. The average Bonchev–Trinajstić information content (AvgIpc) is 2.96. The van der Waals surface area contributed by atoms with Crippen LogP contribution in [0.15, 0.2) is 23.8 Å². The van der Waals surface area contributed by atoms with Gasteiger partial charge in [-0.1, -0.05) is 0 Å². The largest absolute Gasteiger partial charge is 0.495 e. The molecule has 0 saturated carbocycles. The van der Waals surface area contributed by atoms with Crippen LogP contribution in [0.5, 0.6) is 5.75 Å². The molecule has 84 valence electrons. The highest BCUT2D eigenvalue weighted by Crippen LogP contribution is 2.23. The van der Waals surface area contributed by atoms with Gasteiger partial charge in [-0.2, -0.15) is 5.10 Å². The number of amides is 1. The van der Waals surface area contributed by atoms with Crippen LogP contribution in [-0.2, 0) is 6.54 Å². The van der Waals surface area contributed by atoms with Gasteiger partial charge in [-0.25, -0.2) is 0 Å². The minimum Gasteiger partial charge on any atom is -0.495 e. The third-order valence-electron chi connectivity index (χ3n) is 2.06. The van der Waals surface area contributed by atoms with Crippen molar-refractivity contribution in [3.8, 4) is 5.75 Å². The Morgan fingerprint density at radius 1 is 1.69 bits per heavy atom. The van der Waals surface area contributed by atoms with E-state index in [0.717, 1.165) is 5.56 Å². The maximum absolute atomic E-state index is 11.8. The van der Waals surface area contributed by atoms with E-state index in [1.54, 1.807) is 25.6 Å². The predicted molar refractivity (Wildman–Crippen MR) is 60.6 cm³/mol. The standard InChI is InChI=1S/C10H11N3O2S/c1-15-8-2-3-16-9(8)10(14)11-4-7-5-12-13-6-7/h2-3,5-6H,4H2,1H3,(H,11,14)(H,12,13). The first kappa shape index (κ1) is 10.7. The lowest BCUT2D eigenvalue weighted by Gasteiger charge is -2.03. The van der Waals surface area contributed by atoms with Crippen LogP contribution in [-0.4, -0.2) is 23.2 Å². The second-order valence-electron chi connectivity index (χ2n) is 3.11. The topological polar surface area (TPSA) is 67.0 Å². The van der Waals surface area contributed by atoms with Gasteiger partial charge in [0.05, 0.1) is 13.3 Å². The van der Waals surface area contributed by atoms with Gasteiger partial charge < -0.3 is 10.1 Å². The summed E-state index contributed by atoms with van der Waals surface area (Å²) in [5.74, 6) is 0.475. The van der Waals surface area contributed by atoms with Gasteiger partial charge in [0.15, 0.2) is 0 Å². The summed E-state index contributed by atoms with van der Waals surface area (Å²) in [6.07, 6.45) is 3.41. The lowest BCUT2D eigenvalue weighted by molar-refractivity contribution is 0.0952. The molecule has 0 atom stereocenters. The number of nitrogens with one attached hydrogen (secondary N) is 2. The molecule has 6 heteroatoms. The summed E-state index contributed by atoms with van der Waals surface area (Å²) in [5.41, 5.74) is 0.934. The van der Waals surface area contributed by atoms with E-state index >= 15 is 0 Å². The van der Waals surface area contributed by atoms with Gasteiger partial charge in [0, 0.05) is 18.3 Å². The van der Waals surface area contributed by atoms with E-state index in [4.69, 9.17) is 4.74 Å². The number of nitrogens with zero attached hydrogens (tertiary/aromatic N) is 1. The summed E-state index contributed by atoms with van der Waals surface area (Å²) in [6, 6.07) is 1.78. The number of methoxy groups -OCH3 is 1. The van der Waals surface area contributed by atoms with Gasteiger partial charge in [-0.3, -0.25) is 9.89 Å². The van der Waals surface area contributed by atoms with Crippen molar-refractivity contribution in [2.75, 3.05) is 7.11 Å². The molecular formula is C10H11N3O2S. The zero-order valence-electron chi connectivity index (χ0n) is 8.69. The maximum Gasteiger partial charge on any atom is 0.265 e. The lowest BCUT2D eigenvalue weighted by atomic mass is 10.3. The summed E-state index contributed by atoms with van der Waals surface area (Å²) < 4.78 is 5.07. The number of aromatic amines is 1. The highest BCUT2D eigenvalue weighted by molar-refractivity contribution is 7.12. The van der Waals surface area contributed by atoms with Crippen LogP contribution < -0.4 is 10.1 Å². The molecule has 0 aliphatic carbocycles. The van der Waals surface area contributed by atoms with E-state index in [1.807, 2.05) is 5.38 Å². The van der Waals surface area contributed by atoms with Crippen LogP contribution >= 0.6 is 11.3 Å². The predicted octanol–water partition coefficient (Wildman–Crippen LogP) is 1.41. The molecule has 5 nitrogen and oxygen atoms in total. The molecule has 2 aromatic heterocycles. The highest BCUT2D eigenvalue weighted by atomic mass is 32.1. The Hall–Kier alpha value is -1.82. The number of aromatic nitrogens is 2. The molecule has 2 N–H and O–H groups in total. The normalized spacial score (nSPS) is 10.1. The van der Waals surface area contributed by atoms with Crippen LogP contribution in [0.2, 0.25) is 0 Å². The van der Waals surface area contributed by atoms with Gasteiger partial charge in [0.25, 0.3) is 5.91 Å². The first-order chi connectivity index (χ1) is 7.81. The molecular weight excluding hydrogens is 226 g/mol. The van der Waals surface area contributed by atoms with E-state index in [1.165, 1.54) is 11.3 Å². The molecule has 0 aliphatic heterocycles. The van der Waals surface area contributed by atoms with Crippen molar-refractivity contribution >= 4 is 17.2 Å². The monoisotopic (exact) mass is 237 g/mol. The quantitative estimate of drug-likeness (QED) is 0.844. The van der Waals surface area contributed by atoms with E-state index in [0.29, 0.717) is 17.2 Å². The number of thiophene rings is 1. The Bertz CT molecular complexity index is 464.